The Labute approximate surface area is 155 Å². The Bertz CT molecular complexity index is 1010. The molecule has 0 amide bonds. The van der Waals surface area contributed by atoms with Crippen LogP contribution in [0.15, 0.2) is 60.9 Å². The Kier molecular flexibility index (Phi) is 4.66. The molecule has 2 heterocycles. The highest BCUT2D eigenvalue weighted by Crippen LogP contribution is 2.19. The topological polar surface area (TPSA) is 78.5 Å². The molecule has 0 aliphatic heterocycles. The molecule has 4 aromatic rings. The first-order valence-corrected chi connectivity index (χ1v) is 8.67. The van der Waals surface area contributed by atoms with Crippen LogP contribution in [-0.2, 0) is 6.42 Å². The lowest BCUT2D eigenvalue weighted by Gasteiger charge is -2.07. The van der Waals surface area contributed by atoms with Crippen molar-refractivity contribution in [3.05, 3.63) is 71.5 Å². The molecule has 0 spiro atoms. The lowest BCUT2D eigenvalue weighted by molar-refractivity contribution is 0.931. The van der Waals surface area contributed by atoms with E-state index in [1.54, 1.807) is 6.20 Å². The smallest absolute Gasteiger partial charge is 0.244 e. The third-order valence-corrected chi connectivity index (χ3v) is 4.28. The molecule has 0 radical (unpaired) electrons. The number of rotatable bonds is 6. The van der Waals surface area contributed by atoms with Crippen molar-refractivity contribution in [1.29, 1.82) is 0 Å². The van der Waals surface area contributed by atoms with Crippen molar-refractivity contribution < 1.29 is 0 Å². The van der Waals surface area contributed by atoms with Crippen molar-refractivity contribution in [2.45, 2.75) is 6.42 Å². The second-order valence-electron chi connectivity index (χ2n) is 5.83. The van der Waals surface area contributed by atoms with Gasteiger partial charge in [0.25, 0.3) is 0 Å². The van der Waals surface area contributed by atoms with Crippen molar-refractivity contribution in [3.63, 3.8) is 0 Å². The van der Waals surface area contributed by atoms with Gasteiger partial charge in [0, 0.05) is 34.4 Å². The molecule has 4 rings (SSSR count). The van der Waals surface area contributed by atoms with Crippen molar-refractivity contribution in [2.75, 3.05) is 17.2 Å². The van der Waals surface area contributed by atoms with E-state index in [1.807, 2.05) is 42.6 Å². The maximum atomic E-state index is 5.90. The molecule has 6 nitrogen and oxygen atoms in total. The maximum absolute atomic E-state index is 5.90. The third kappa shape index (κ3) is 3.75. The van der Waals surface area contributed by atoms with E-state index in [0.717, 1.165) is 17.6 Å². The number of hydrogen-bond acceptors (Lipinski definition) is 5. The van der Waals surface area contributed by atoms with Crippen LogP contribution in [0.3, 0.4) is 0 Å². The van der Waals surface area contributed by atoms with Gasteiger partial charge in [0.05, 0.1) is 6.20 Å². The Morgan fingerprint density at radius 2 is 1.88 bits per heavy atom. The Hall–Kier alpha value is -3.12. The van der Waals surface area contributed by atoms with Crippen molar-refractivity contribution in [2.24, 2.45) is 0 Å². The van der Waals surface area contributed by atoms with Crippen LogP contribution in [0.2, 0.25) is 5.02 Å². The highest BCUT2D eigenvalue weighted by atomic mass is 35.5. The first-order valence-electron chi connectivity index (χ1n) is 8.29. The first kappa shape index (κ1) is 16.4. The van der Waals surface area contributed by atoms with Gasteiger partial charge in [0.2, 0.25) is 5.95 Å². The van der Waals surface area contributed by atoms with Gasteiger partial charge in [-0.25, -0.2) is 0 Å². The highest BCUT2D eigenvalue weighted by Gasteiger charge is 2.04. The van der Waals surface area contributed by atoms with Crippen LogP contribution < -0.4 is 10.6 Å². The summed E-state index contributed by atoms with van der Waals surface area (Å²) in [4.78, 5) is 7.72. The minimum atomic E-state index is 0.490. The fourth-order valence-electron chi connectivity index (χ4n) is 2.77. The van der Waals surface area contributed by atoms with Crippen molar-refractivity contribution in [3.8, 4) is 0 Å². The molecule has 0 unspecified atom stereocenters. The van der Waals surface area contributed by atoms with Gasteiger partial charge in [-0.05, 0) is 42.3 Å². The number of fused-ring (bicyclic) bond motifs is 1. The van der Waals surface area contributed by atoms with E-state index in [0.29, 0.717) is 23.3 Å². The molecule has 0 saturated heterocycles. The Morgan fingerprint density at radius 1 is 1.04 bits per heavy atom. The summed E-state index contributed by atoms with van der Waals surface area (Å²) in [6.45, 7) is 0.716. The second-order valence-corrected chi connectivity index (χ2v) is 6.27. The van der Waals surface area contributed by atoms with Gasteiger partial charge in [-0.3, -0.25) is 0 Å². The lowest BCUT2D eigenvalue weighted by atomic mass is 10.1. The number of nitrogens with zero attached hydrogens (tertiary/aromatic N) is 3. The summed E-state index contributed by atoms with van der Waals surface area (Å²) in [7, 11) is 0. The van der Waals surface area contributed by atoms with Crippen LogP contribution in [0.4, 0.5) is 17.5 Å². The van der Waals surface area contributed by atoms with Crippen LogP contribution in [0, 0.1) is 0 Å². The number of benzene rings is 2. The summed E-state index contributed by atoms with van der Waals surface area (Å²) < 4.78 is 0. The number of anilines is 3. The van der Waals surface area contributed by atoms with Crippen LogP contribution in [0.5, 0.6) is 0 Å². The minimum Gasteiger partial charge on any atom is -0.361 e. The number of aromatic amines is 1. The normalized spacial score (nSPS) is 10.8. The molecule has 2 aromatic heterocycles. The van der Waals surface area contributed by atoms with Crippen LogP contribution >= 0.6 is 11.6 Å². The number of aromatic nitrogens is 4. The number of para-hydroxylation sites is 1. The van der Waals surface area contributed by atoms with Gasteiger partial charge in [-0.2, -0.15) is 10.1 Å². The van der Waals surface area contributed by atoms with Crippen molar-refractivity contribution in [1.82, 2.24) is 20.2 Å². The predicted octanol–water partition coefficient (Wildman–Crippen LogP) is 4.40. The highest BCUT2D eigenvalue weighted by molar-refractivity contribution is 6.30. The molecular formula is C19H17ClN6. The number of hydrogen-bond donors (Lipinski definition) is 3. The van der Waals surface area contributed by atoms with E-state index in [-0.39, 0.29) is 0 Å². The van der Waals surface area contributed by atoms with E-state index < -0.39 is 0 Å². The zero-order valence-corrected chi connectivity index (χ0v) is 14.7. The zero-order chi connectivity index (χ0) is 17.8. The molecule has 130 valence electrons. The molecule has 26 heavy (non-hydrogen) atoms. The average molecular weight is 365 g/mol. The Morgan fingerprint density at radius 3 is 2.77 bits per heavy atom. The quantitative estimate of drug-likeness (QED) is 0.472. The van der Waals surface area contributed by atoms with Crippen LogP contribution in [0.25, 0.3) is 10.9 Å². The second kappa shape index (κ2) is 7.41. The van der Waals surface area contributed by atoms with Gasteiger partial charge in [-0.1, -0.05) is 29.8 Å². The SMILES string of the molecule is Clc1ccc(Nc2cnnc(NCCc3c[nH]c4ccccc34)n2)cc1. The fraction of sp³-hybridized carbons (Fsp3) is 0.105. The molecule has 0 atom stereocenters. The molecular weight excluding hydrogens is 348 g/mol. The lowest BCUT2D eigenvalue weighted by Crippen LogP contribution is -2.09. The third-order valence-electron chi connectivity index (χ3n) is 4.03. The van der Waals surface area contributed by atoms with E-state index in [1.165, 1.54) is 10.9 Å². The summed E-state index contributed by atoms with van der Waals surface area (Å²) in [6.07, 6.45) is 4.49. The summed E-state index contributed by atoms with van der Waals surface area (Å²) in [5.41, 5.74) is 3.30. The molecule has 0 saturated carbocycles. The van der Waals surface area contributed by atoms with E-state index in [9.17, 15) is 0 Å². The van der Waals surface area contributed by atoms with Gasteiger partial charge in [-0.15, -0.1) is 5.10 Å². The standard InChI is InChI=1S/C19H17ClN6/c20-14-5-7-15(8-6-14)24-18-12-23-26-19(25-18)21-10-9-13-11-22-17-4-2-1-3-16(13)17/h1-8,11-12,22H,9-10H2,(H2,21,24,25,26). The first-order chi connectivity index (χ1) is 12.8. The molecule has 0 aliphatic rings. The zero-order valence-electron chi connectivity index (χ0n) is 13.9. The summed E-state index contributed by atoms with van der Waals surface area (Å²) in [5.74, 6) is 1.11. The van der Waals surface area contributed by atoms with Gasteiger partial charge >= 0.3 is 0 Å². The molecule has 0 fully saturated rings. The largest absolute Gasteiger partial charge is 0.361 e. The molecule has 0 bridgehead atoms. The monoisotopic (exact) mass is 364 g/mol. The molecule has 0 aliphatic carbocycles. The maximum Gasteiger partial charge on any atom is 0.244 e. The van der Waals surface area contributed by atoms with Gasteiger partial charge < -0.3 is 15.6 Å². The number of nitrogens with one attached hydrogen (secondary N) is 3. The molecule has 7 heteroatoms. The summed E-state index contributed by atoms with van der Waals surface area (Å²) in [6, 6.07) is 15.7. The van der Waals surface area contributed by atoms with Gasteiger partial charge in [0.1, 0.15) is 0 Å². The Balaban J connectivity index is 1.38. The average Bonchev–Trinajstić information content (AvgIpc) is 3.07. The molecule has 3 N–H and O–H groups in total. The fourth-order valence-corrected chi connectivity index (χ4v) is 2.89. The minimum absolute atomic E-state index is 0.490. The number of halogens is 1. The van der Waals surface area contributed by atoms with Crippen molar-refractivity contribution >= 4 is 40.0 Å². The molecule has 2 aromatic carbocycles. The summed E-state index contributed by atoms with van der Waals surface area (Å²) in [5, 5.41) is 16.4. The number of H-pyrrole nitrogens is 1. The predicted molar refractivity (Wildman–Crippen MR) is 105 cm³/mol. The van der Waals surface area contributed by atoms with Crippen LogP contribution in [-0.4, -0.2) is 26.7 Å². The van der Waals surface area contributed by atoms with Crippen LogP contribution in [0.1, 0.15) is 5.56 Å². The van der Waals surface area contributed by atoms with E-state index in [4.69, 9.17) is 11.6 Å². The summed E-state index contributed by atoms with van der Waals surface area (Å²) >= 11 is 5.90. The van der Waals surface area contributed by atoms with E-state index in [2.05, 4.69) is 42.9 Å². The van der Waals surface area contributed by atoms with E-state index >= 15 is 0 Å². The van der Waals surface area contributed by atoms with Gasteiger partial charge in [0.15, 0.2) is 5.82 Å².